The number of hydrogen-bond donors (Lipinski definition) is 1. The van der Waals surface area contributed by atoms with Crippen LogP contribution >= 0.6 is 11.6 Å². The van der Waals surface area contributed by atoms with Gasteiger partial charge in [-0.25, -0.2) is 9.97 Å². The molecule has 0 saturated carbocycles. The van der Waals surface area contributed by atoms with Gasteiger partial charge in [-0.3, -0.25) is 5.43 Å². The minimum atomic E-state index is 0.648. The number of para-hydroxylation sites is 1. The summed E-state index contributed by atoms with van der Waals surface area (Å²) in [7, 11) is 0. The largest absolute Gasteiger partial charge is 0.456 e. The van der Waals surface area contributed by atoms with E-state index in [2.05, 4.69) is 20.5 Å². The van der Waals surface area contributed by atoms with Gasteiger partial charge >= 0.3 is 0 Å². The Balaban J connectivity index is 1.67. The molecule has 5 aromatic rings. The highest BCUT2D eigenvalue weighted by Gasteiger charge is 2.07. The molecule has 0 aliphatic carbocycles. The standard InChI is InChI=1S/C24H17ClN4O/c1-15-6-11-18-21(28-29-24-19-4-2-3-5-20(19)26-14-27-24)13-22(30-23(18)12-15)16-7-9-17(25)10-8-16/h2-14H,1H3,(H,26,27,29)/b28-21-. The van der Waals surface area contributed by atoms with Crippen LogP contribution in [-0.4, -0.2) is 9.97 Å². The van der Waals surface area contributed by atoms with Crippen LogP contribution in [0.25, 0.3) is 33.2 Å². The summed E-state index contributed by atoms with van der Waals surface area (Å²) in [4.78, 5) is 8.65. The lowest BCUT2D eigenvalue weighted by atomic mass is 10.1. The Hall–Kier alpha value is -3.70. The Bertz CT molecular complexity index is 1440. The lowest BCUT2D eigenvalue weighted by Gasteiger charge is -2.07. The molecule has 0 fully saturated rings. The molecule has 0 bridgehead atoms. The fourth-order valence-electron chi connectivity index (χ4n) is 3.33. The highest BCUT2D eigenvalue weighted by Crippen LogP contribution is 2.24. The van der Waals surface area contributed by atoms with Crippen LogP contribution in [0.15, 0.2) is 88.6 Å². The molecule has 2 aromatic heterocycles. The van der Waals surface area contributed by atoms with Crippen LogP contribution in [0.5, 0.6) is 0 Å². The molecule has 0 unspecified atom stereocenters. The lowest BCUT2D eigenvalue weighted by molar-refractivity contribution is 0.618. The number of benzene rings is 3. The monoisotopic (exact) mass is 412 g/mol. The van der Waals surface area contributed by atoms with Gasteiger partial charge < -0.3 is 4.42 Å². The van der Waals surface area contributed by atoms with E-state index in [1.807, 2.05) is 79.7 Å². The third-order valence-electron chi connectivity index (χ3n) is 4.85. The van der Waals surface area contributed by atoms with Gasteiger partial charge in [0, 0.05) is 27.4 Å². The van der Waals surface area contributed by atoms with Crippen LogP contribution in [0.3, 0.4) is 0 Å². The van der Waals surface area contributed by atoms with E-state index in [0.29, 0.717) is 16.6 Å². The molecule has 6 heteroatoms. The number of aryl methyl sites for hydroxylation is 1. The van der Waals surface area contributed by atoms with Crippen molar-refractivity contribution in [3.8, 4) is 11.3 Å². The van der Waals surface area contributed by atoms with Gasteiger partial charge in [0.25, 0.3) is 0 Å². The summed E-state index contributed by atoms with van der Waals surface area (Å²) < 4.78 is 6.17. The number of fused-ring (bicyclic) bond motifs is 2. The molecule has 0 aliphatic rings. The maximum Gasteiger partial charge on any atom is 0.157 e. The van der Waals surface area contributed by atoms with E-state index >= 15 is 0 Å². The number of hydrogen-bond acceptors (Lipinski definition) is 5. The molecule has 0 spiro atoms. The van der Waals surface area contributed by atoms with Gasteiger partial charge in [0.2, 0.25) is 0 Å². The zero-order valence-corrected chi connectivity index (χ0v) is 16.9. The molecule has 0 aliphatic heterocycles. The van der Waals surface area contributed by atoms with Crippen molar-refractivity contribution in [3.05, 3.63) is 95.1 Å². The highest BCUT2D eigenvalue weighted by atomic mass is 35.5. The second-order valence-corrected chi connectivity index (χ2v) is 7.40. The third-order valence-corrected chi connectivity index (χ3v) is 5.11. The van der Waals surface area contributed by atoms with Crippen LogP contribution in [0.2, 0.25) is 5.02 Å². The Morgan fingerprint density at radius 3 is 2.60 bits per heavy atom. The predicted molar refractivity (Wildman–Crippen MR) is 120 cm³/mol. The Kier molecular flexibility index (Phi) is 4.65. The molecular formula is C24H17ClN4O. The SMILES string of the molecule is Cc1ccc2/c(=N\Nc3ncnc4ccccc34)cc(-c3ccc(Cl)cc3)oc2c1. The minimum absolute atomic E-state index is 0.648. The number of aromatic nitrogens is 2. The normalized spacial score (nSPS) is 11.9. The van der Waals surface area contributed by atoms with Gasteiger partial charge in [0.15, 0.2) is 5.82 Å². The van der Waals surface area contributed by atoms with Crippen molar-refractivity contribution in [3.63, 3.8) is 0 Å². The Morgan fingerprint density at radius 1 is 0.900 bits per heavy atom. The Morgan fingerprint density at radius 2 is 1.73 bits per heavy atom. The topological polar surface area (TPSA) is 63.3 Å². The maximum atomic E-state index is 6.17. The smallest absolute Gasteiger partial charge is 0.157 e. The van der Waals surface area contributed by atoms with Crippen LogP contribution in [0.4, 0.5) is 5.82 Å². The zero-order chi connectivity index (χ0) is 20.5. The Labute approximate surface area is 177 Å². The molecule has 30 heavy (non-hydrogen) atoms. The molecule has 5 nitrogen and oxygen atoms in total. The van der Waals surface area contributed by atoms with Gasteiger partial charge in [-0.2, -0.15) is 5.10 Å². The zero-order valence-electron chi connectivity index (χ0n) is 16.1. The number of rotatable bonds is 3. The predicted octanol–water partition coefficient (Wildman–Crippen LogP) is 5.93. The van der Waals surface area contributed by atoms with Crippen molar-refractivity contribution in [1.82, 2.24) is 9.97 Å². The molecule has 3 aromatic carbocycles. The molecule has 5 rings (SSSR count). The fourth-order valence-corrected chi connectivity index (χ4v) is 3.46. The first-order valence-corrected chi connectivity index (χ1v) is 9.85. The van der Waals surface area contributed by atoms with Crippen molar-refractivity contribution in [1.29, 1.82) is 0 Å². The highest BCUT2D eigenvalue weighted by molar-refractivity contribution is 6.30. The van der Waals surface area contributed by atoms with E-state index in [0.717, 1.165) is 38.4 Å². The lowest BCUT2D eigenvalue weighted by Crippen LogP contribution is -2.08. The van der Waals surface area contributed by atoms with Gasteiger partial charge in [-0.05, 0) is 61.0 Å². The summed E-state index contributed by atoms with van der Waals surface area (Å²) in [5, 5.41) is 7.91. The number of halogens is 1. The molecule has 2 heterocycles. The fraction of sp³-hybridized carbons (Fsp3) is 0.0417. The molecule has 1 N–H and O–H groups in total. The third kappa shape index (κ3) is 3.51. The molecule has 0 radical (unpaired) electrons. The molecule has 0 saturated heterocycles. The van der Waals surface area contributed by atoms with Crippen LogP contribution < -0.4 is 10.8 Å². The number of nitrogens with one attached hydrogen (secondary N) is 1. The van der Waals surface area contributed by atoms with Crippen molar-refractivity contribution in [2.24, 2.45) is 5.10 Å². The van der Waals surface area contributed by atoms with Crippen molar-refractivity contribution in [2.45, 2.75) is 6.92 Å². The summed E-state index contributed by atoms with van der Waals surface area (Å²) >= 11 is 6.04. The first kappa shape index (κ1) is 18.3. The average Bonchev–Trinajstić information content (AvgIpc) is 2.77. The quantitative estimate of drug-likeness (QED) is 0.373. The summed E-state index contributed by atoms with van der Waals surface area (Å²) in [5.74, 6) is 1.35. The van der Waals surface area contributed by atoms with Crippen LogP contribution in [-0.2, 0) is 0 Å². The first-order chi connectivity index (χ1) is 14.7. The summed E-state index contributed by atoms with van der Waals surface area (Å²) in [6, 6.07) is 23.3. The van der Waals surface area contributed by atoms with E-state index in [-0.39, 0.29) is 0 Å². The van der Waals surface area contributed by atoms with E-state index in [1.165, 1.54) is 6.33 Å². The van der Waals surface area contributed by atoms with E-state index in [4.69, 9.17) is 16.0 Å². The van der Waals surface area contributed by atoms with Gasteiger partial charge in [-0.1, -0.05) is 29.8 Å². The molecule has 0 amide bonds. The van der Waals surface area contributed by atoms with E-state index < -0.39 is 0 Å². The molecule has 146 valence electrons. The van der Waals surface area contributed by atoms with Gasteiger partial charge in [-0.15, -0.1) is 0 Å². The van der Waals surface area contributed by atoms with Crippen LogP contribution in [0.1, 0.15) is 5.56 Å². The van der Waals surface area contributed by atoms with Crippen LogP contribution in [0, 0.1) is 6.92 Å². The van der Waals surface area contributed by atoms with Gasteiger partial charge in [0.05, 0.1) is 10.9 Å². The second-order valence-electron chi connectivity index (χ2n) is 6.97. The van der Waals surface area contributed by atoms with Crippen molar-refractivity contribution >= 4 is 39.3 Å². The summed E-state index contributed by atoms with van der Waals surface area (Å²) in [6.07, 6.45) is 1.53. The molecular weight excluding hydrogens is 396 g/mol. The van der Waals surface area contributed by atoms with Crippen molar-refractivity contribution < 1.29 is 4.42 Å². The summed E-state index contributed by atoms with van der Waals surface area (Å²) in [6.45, 7) is 2.03. The van der Waals surface area contributed by atoms with Crippen molar-refractivity contribution in [2.75, 3.05) is 5.43 Å². The maximum absolute atomic E-state index is 6.17. The summed E-state index contributed by atoms with van der Waals surface area (Å²) in [5.41, 5.74) is 6.76. The van der Waals surface area contributed by atoms with Gasteiger partial charge in [0.1, 0.15) is 17.7 Å². The second kappa shape index (κ2) is 7.61. The number of anilines is 1. The van der Waals surface area contributed by atoms with E-state index in [1.54, 1.807) is 0 Å². The minimum Gasteiger partial charge on any atom is -0.456 e. The average molecular weight is 413 g/mol. The van der Waals surface area contributed by atoms with E-state index in [9.17, 15) is 0 Å². The number of nitrogens with zero attached hydrogens (tertiary/aromatic N) is 3. The first-order valence-electron chi connectivity index (χ1n) is 9.47. The molecule has 0 atom stereocenters.